The van der Waals surface area contributed by atoms with E-state index in [4.69, 9.17) is 18.9 Å². The van der Waals surface area contributed by atoms with Crippen molar-refractivity contribution in [2.45, 2.75) is 284 Å². The van der Waals surface area contributed by atoms with E-state index in [9.17, 15) is 19.2 Å². The van der Waals surface area contributed by atoms with Crippen molar-refractivity contribution >= 4 is 23.9 Å². The Morgan fingerprint density at radius 1 is 0.310 bits per heavy atom. The van der Waals surface area contributed by atoms with Gasteiger partial charge in [-0.1, -0.05) is 169 Å². The number of esters is 4. The molecule has 0 aromatic heterocycles. The summed E-state index contributed by atoms with van der Waals surface area (Å²) in [5, 5.41) is 0. The normalized spacial score (nSPS) is 12.3. The number of hydrogen-bond acceptors (Lipinski definition) is 8. The van der Waals surface area contributed by atoms with Gasteiger partial charge >= 0.3 is 23.9 Å². The topological polar surface area (TPSA) is 105 Å². The van der Waals surface area contributed by atoms with E-state index >= 15 is 0 Å². The molecule has 0 aromatic rings. The second-order valence-electron chi connectivity index (χ2n) is 16.9. The highest BCUT2D eigenvalue weighted by molar-refractivity contribution is 5.70. The van der Waals surface area contributed by atoms with Crippen LogP contribution in [0, 0.1) is 0 Å². The molecule has 0 radical (unpaired) electrons. The molecule has 0 aromatic carbocycles. The lowest BCUT2D eigenvalue weighted by Gasteiger charge is -2.17. The van der Waals surface area contributed by atoms with Crippen LogP contribution in [0.5, 0.6) is 0 Å². The van der Waals surface area contributed by atoms with Crippen molar-refractivity contribution in [3.63, 3.8) is 0 Å². The highest BCUT2D eigenvalue weighted by Gasteiger charge is 2.14. The smallest absolute Gasteiger partial charge is 0.305 e. The summed E-state index contributed by atoms with van der Waals surface area (Å²) in [5.74, 6) is -0.322. The molecule has 0 saturated carbocycles. The summed E-state index contributed by atoms with van der Waals surface area (Å²) in [6.07, 6.45) is 40.1. The lowest BCUT2D eigenvalue weighted by molar-refractivity contribution is -0.150. The Hall–Kier alpha value is -2.12. The molecule has 0 rings (SSSR count). The second-order valence-corrected chi connectivity index (χ2v) is 16.9. The predicted molar refractivity (Wildman–Crippen MR) is 240 cm³/mol. The van der Waals surface area contributed by atoms with Crippen molar-refractivity contribution < 1.29 is 38.1 Å². The molecule has 0 amide bonds. The third kappa shape index (κ3) is 40.7. The number of ether oxygens (including phenoxy) is 4. The van der Waals surface area contributed by atoms with Gasteiger partial charge < -0.3 is 18.9 Å². The van der Waals surface area contributed by atoms with E-state index in [1.54, 1.807) is 0 Å². The molecule has 58 heavy (non-hydrogen) atoms. The number of unbranched alkanes of at least 4 members (excludes halogenated alkanes) is 25. The molecule has 342 valence electrons. The number of hydrogen-bond donors (Lipinski definition) is 0. The number of carbonyl (C=O) groups is 4. The van der Waals surface area contributed by atoms with Crippen LogP contribution in [0.4, 0.5) is 0 Å². The fourth-order valence-electron chi connectivity index (χ4n) is 7.49. The number of rotatable bonds is 45. The zero-order chi connectivity index (χ0) is 42.6. The zero-order valence-electron chi connectivity index (χ0n) is 38.7. The molecule has 0 saturated heterocycles. The van der Waals surface area contributed by atoms with E-state index in [2.05, 4.69) is 13.8 Å². The van der Waals surface area contributed by atoms with E-state index in [-0.39, 0.29) is 36.1 Å². The monoisotopic (exact) mass is 823 g/mol. The summed E-state index contributed by atoms with van der Waals surface area (Å²) in [5.41, 5.74) is 0. The fraction of sp³-hybridized carbons (Fsp3) is 0.920. The first-order chi connectivity index (χ1) is 28.4. The lowest BCUT2D eigenvalue weighted by Crippen LogP contribution is -2.17. The Kier molecular flexibility index (Phi) is 42.8. The predicted octanol–water partition coefficient (Wildman–Crippen LogP) is 14.8. The van der Waals surface area contributed by atoms with Crippen LogP contribution in [-0.2, 0) is 38.1 Å². The Morgan fingerprint density at radius 3 is 0.862 bits per heavy atom. The maximum absolute atomic E-state index is 12.1. The zero-order valence-corrected chi connectivity index (χ0v) is 38.7. The first kappa shape index (κ1) is 55.9. The first-order valence-corrected chi connectivity index (χ1v) is 25.1. The van der Waals surface area contributed by atoms with Crippen LogP contribution in [0.3, 0.4) is 0 Å². The van der Waals surface area contributed by atoms with Gasteiger partial charge in [0.1, 0.15) is 12.2 Å². The van der Waals surface area contributed by atoms with Crippen LogP contribution in [0.25, 0.3) is 0 Å². The van der Waals surface area contributed by atoms with E-state index in [1.807, 2.05) is 13.8 Å². The maximum Gasteiger partial charge on any atom is 0.305 e. The van der Waals surface area contributed by atoms with Gasteiger partial charge in [-0.15, -0.1) is 0 Å². The Bertz CT molecular complexity index is 937. The molecule has 8 nitrogen and oxygen atoms in total. The Balaban J connectivity index is 3.66. The molecule has 0 spiro atoms. The van der Waals surface area contributed by atoms with Gasteiger partial charge in [0.05, 0.1) is 13.2 Å². The van der Waals surface area contributed by atoms with Gasteiger partial charge in [0.15, 0.2) is 0 Å². The second kappa shape index (κ2) is 44.4. The fourth-order valence-corrected chi connectivity index (χ4v) is 7.49. The van der Waals surface area contributed by atoms with Crippen molar-refractivity contribution in [2.75, 3.05) is 13.2 Å². The van der Waals surface area contributed by atoms with Crippen molar-refractivity contribution in [3.8, 4) is 0 Å². The van der Waals surface area contributed by atoms with Gasteiger partial charge in [-0.3, -0.25) is 19.2 Å². The Labute approximate surface area is 358 Å². The molecule has 0 aliphatic rings. The summed E-state index contributed by atoms with van der Waals surface area (Å²) in [7, 11) is 0. The van der Waals surface area contributed by atoms with Crippen LogP contribution < -0.4 is 0 Å². The SMILES string of the molecule is CCCCCCCCCC(CCCCCCCC(=O)OCCCCCCCCOC(=O)CCCCCCCCC(CCCCCCCC)OC(=O)CC)OC(=O)CC. The molecule has 0 aliphatic heterocycles. The minimum atomic E-state index is -0.0848. The molecule has 0 fully saturated rings. The van der Waals surface area contributed by atoms with Crippen LogP contribution in [0.2, 0.25) is 0 Å². The van der Waals surface area contributed by atoms with Crippen molar-refractivity contribution in [1.29, 1.82) is 0 Å². The number of carbonyl (C=O) groups excluding carboxylic acids is 4. The molecule has 0 aliphatic carbocycles. The minimum absolute atomic E-state index is 0.0569. The standard InChI is InChI=1S/C50H94O8/c1-5-9-11-13-15-22-30-38-46(58-48(52)8-4)40-32-24-20-26-34-42-50(54)56-44-36-28-19-18-27-35-43-55-49(53)41-33-25-17-16-23-31-39-45(57-47(51)7-3)37-29-21-14-12-10-6-2/h45-46H,5-44H2,1-4H3. The third-order valence-corrected chi connectivity index (χ3v) is 11.3. The van der Waals surface area contributed by atoms with Crippen molar-refractivity contribution in [3.05, 3.63) is 0 Å². The first-order valence-electron chi connectivity index (χ1n) is 25.1. The molecule has 8 heteroatoms. The van der Waals surface area contributed by atoms with Crippen molar-refractivity contribution in [1.82, 2.24) is 0 Å². The molecule has 2 unspecified atom stereocenters. The van der Waals surface area contributed by atoms with E-state index in [0.29, 0.717) is 38.9 Å². The van der Waals surface area contributed by atoms with Crippen molar-refractivity contribution in [2.24, 2.45) is 0 Å². The molecular weight excluding hydrogens is 729 g/mol. The largest absolute Gasteiger partial charge is 0.466 e. The van der Waals surface area contributed by atoms with Gasteiger partial charge in [-0.05, 0) is 77.0 Å². The highest BCUT2D eigenvalue weighted by atomic mass is 16.5. The average Bonchev–Trinajstić information content (AvgIpc) is 3.22. The quantitative estimate of drug-likeness (QED) is 0.0340. The van der Waals surface area contributed by atoms with E-state index in [0.717, 1.165) is 148 Å². The molecule has 0 heterocycles. The summed E-state index contributed by atoms with van der Waals surface area (Å²) in [6.45, 7) is 9.22. The summed E-state index contributed by atoms with van der Waals surface area (Å²) in [6, 6.07) is 0. The average molecular weight is 823 g/mol. The van der Waals surface area contributed by atoms with Gasteiger partial charge in [-0.25, -0.2) is 0 Å². The molecule has 0 N–H and O–H groups in total. The van der Waals surface area contributed by atoms with Crippen LogP contribution in [0.15, 0.2) is 0 Å². The molecule has 0 bridgehead atoms. The van der Waals surface area contributed by atoms with E-state index in [1.165, 1.54) is 70.6 Å². The lowest BCUT2D eigenvalue weighted by atomic mass is 10.0. The highest BCUT2D eigenvalue weighted by Crippen LogP contribution is 2.19. The molecule has 2 atom stereocenters. The summed E-state index contributed by atoms with van der Waals surface area (Å²) in [4.78, 5) is 48.0. The van der Waals surface area contributed by atoms with Gasteiger partial charge in [0, 0.05) is 25.7 Å². The Morgan fingerprint density at radius 2 is 0.569 bits per heavy atom. The minimum Gasteiger partial charge on any atom is -0.466 e. The maximum atomic E-state index is 12.1. The molecular formula is C50H94O8. The van der Waals surface area contributed by atoms with E-state index < -0.39 is 0 Å². The van der Waals surface area contributed by atoms with Crippen LogP contribution in [-0.4, -0.2) is 49.3 Å². The van der Waals surface area contributed by atoms with Gasteiger partial charge in [0.25, 0.3) is 0 Å². The summed E-state index contributed by atoms with van der Waals surface area (Å²) >= 11 is 0. The van der Waals surface area contributed by atoms with Gasteiger partial charge in [0.2, 0.25) is 0 Å². The van der Waals surface area contributed by atoms with Crippen LogP contribution in [0.1, 0.15) is 272 Å². The van der Waals surface area contributed by atoms with Gasteiger partial charge in [-0.2, -0.15) is 0 Å². The van der Waals surface area contributed by atoms with Crippen LogP contribution >= 0.6 is 0 Å². The third-order valence-electron chi connectivity index (χ3n) is 11.3. The summed E-state index contributed by atoms with van der Waals surface area (Å²) < 4.78 is 22.3.